The minimum atomic E-state index is 0.822. The van der Waals surface area contributed by atoms with E-state index in [0.717, 1.165) is 27.4 Å². The maximum absolute atomic E-state index is 5.46. The first-order valence-electron chi connectivity index (χ1n) is 6.67. The number of para-hydroxylation sites is 1. The van der Waals surface area contributed by atoms with Crippen LogP contribution < -0.4 is 9.54 Å². The molecule has 0 fully saturated rings. The normalized spacial score (nSPS) is 12.2. The van der Waals surface area contributed by atoms with Gasteiger partial charge in [0.2, 0.25) is 4.80 Å². The zero-order valence-electron chi connectivity index (χ0n) is 12.3. The molecule has 2 aromatic heterocycles. The van der Waals surface area contributed by atoms with Crippen LogP contribution >= 0.6 is 22.7 Å². The quantitative estimate of drug-likeness (QED) is 0.673. The summed E-state index contributed by atoms with van der Waals surface area (Å²) >= 11 is 3.21. The van der Waals surface area contributed by atoms with E-state index in [1.54, 1.807) is 36.8 Å². The van der Waals surface area contributed by atoms with Gasteiger partial charge in [0.1, 0.15) is 5.75 Å². The molecular weight excluding hydrogens is 314 g/mol. The average Bonchev–Trinajstić information content (AvgIpc) is 3.21. The summed E-state index contributed by atoms with van der Waals surface area (Å²) in [6.07, 6.45) is 1.84. The number of aromatic nitrogens is 1. The number of thiazole rings is 1. The zero-order chi connectivity index (χ0) is 15.4. The number of hydrogen-bond acceptors (Lipinski definition) is 5. The van der Waals surface area contributed by atoms with E-state index in [-0.39, 0.29) is 0 Å². The van der Waals surface area contributed by atoms with Gasteiger partial charge in [0, 0.05) is 23.6 Å². The molecule has 3 rings (SSSR count). The average molecular weight is 329 g/mol. The van der Waals surface area contributed by atoms with Gasteiger partial charge in [0.25, 0.3) is 0 Å². The molecule has 112 valence electrons. The van der Waals surface area contributed by atoms with Crippen LogP contribution in [-0.2, 0) is 0 Å². The highest BCUT2D eigenvalue weighted by molar-refractivity contribution is 7.08. The van der Waals surface area contributed by atoms with Gasteiger partial charge < -0.3 is 4.74 Å². The van der Waals surface area contributed by atoms with E-state index >= 15 is 0 Å². The van der Waals surface area contributed by atoms with Crippen molar-refractivity contribution >= 4 is 28.9 Å². The third kappa shape index (κ3) is 2.88. The summed E-state index contributed by atoms with van der Waals surface area (Å²) in [5.41, 5.74) is 3.05. The second kappa shape index (κ2) is 6.72. The molecule has 0 aliphatic carbocycles. The van der Waals surface area contributed by atoms with Gasteiger partial charge in [-0.2, -0.15) is 16.4 Å². The van der Waals surface area contributed by atoms with Gasteiger partial charge in [0.05, 0.1) is 19.0 Å². The van der Waals surface area contributed by atoms with E-state index in [4.69, 9.17) is 4.74 Å². The highest BCUT2D eigenvalue weighted by Gasteiger charge is 2.11. The number of benzene rings is 1. The van der Waals surface area contributed by atoms with Gasteiger partial charge in [-0.1, -0.05) is 12.1 Å². The Morgan fingerprint density at radius 3 is 2.77 bits per heavy atom. The second-order valence-corrected chi connectivity index (χ2v) is 6.06. The molecule has 0 N–H and O–H groups in total. The van der Waals surface area contributed by atoms with Crippen molar-refractivity contribution in [1.29, 1.82) is 0 Å². The van der Waals surface area contributed by atoms with Gasteiger partial charge in [-0.25, -0.2) is 4.68 Å². The number of methoxy groups -OCH3 is 1. The highest BCUT2D eigenvalue weighted by atomic mass is 32.1. The molecule has 4 nitrogen and oxygen atoms in total. The molecule has 22 heavy (non-hydrogen) atoms. The van der Waals surface area contributed by atoms with Crippen LogP contribution in [0.1, 0.15) is 5.56 Å². The van der Waals surface area contributed by atoms with Gasteiger partial charge in [-0.15, -0.1) is 11.3 Å². The molecule has 0 radical (unpaired) electrons. The monoisotopic (exact) mass is 329 g/mol. The number of ether oxygens (including phenoxy) is 1. The summed E-state index contributed by atoms with van der Waals surface area (Å²) in [5.74, 6) is 0.822. The van der Waals surface area contributed by atoms with Crippen LogP contribution in [0.25, 0.3) is 11.3 Å². The van der Waals surface area contributed by atoms with Crippen LogP contribution in [-0.4, -0.2) is 25.0 Å². The minimum Gasteiger partial charge on any atom is -0.496 e. The summed E-state index contributed by atoms with van der Waals surface area (Å²) in [6.45, 7) is 0. The van der Waals surface area contributed by atoms with Crippen LogP contribution in [0.5, 0.6) is 5.75 Å². The smallest absolute Gasteiger partial charge is 0.205 e. The molecular formula is C16H15N3OS2. The first kappa shape index (κ1) is 14.7. The Morgan fingerprint density at radius 2 is 2.05 bits per heavy atom. The number of rotatable bonds is 4. The fraction of sp³-hybridized carbons (Fsp3) is 0.125. The lowest BCUT2D eigenvalue weighted by atomic mass is 10.1. The van der Waals surface area contributed by atoms with Crippen molar-refractivity contribution < 1.29 is 4.74 Å². The predicted molar refractivity (Wildman–Crippen MR) is 93.1 cm³/mol. The molecule has 3 aromatic rings. The topological polar surface area (TPSA) is 38.9 Å². The molecule has 0 saturated heterocycles. The Hall–Kier alpha value is -2.18. The van der Waals surface area contributed by atoms with Crippen LogP contribution in [0.3, 0.4) is 0 Å². The third-order valence-electron chi connectivity index (χ3n) is 3.13. The van der Waals surface area contributed by atoms with Gasteiger partial charge in [0.15, 0.2) is 0 Å². The summed E-state index contributed by atoms with van der Waals surface area (Å²) < 4.78 is 7.31. The largest absolute Gasteiger partial charge is 0.496 e. The molecule has 0 aliphatic rings. The van der Waals surface area contributed by atoms with E-state index in [1.807, 2.05) is 52.0 Å². The highest BCUT2D eigenvalue weighted by Crippen LogP contribution is 2.29. The molecule has 2 heterocycles. The van der Waals surface area contributed by atoms with Crippen LogP contribution in [0.4, 0.5) is 0 Å². The molecule has 0 spiro atoms. The van der Waals surface area contributed by atoms with Crippen molar-refractivity contribution in [2.75, 3.05) is 14.2 Å². The van der Waals surface area contributed by atoms with E-state index in [2.05, 4.69) is 15.5 Å². The Balaban J connectivity index is 2.12. The molecule has 6 heteroatoms. The summed E-state index contributed by atoms with van der Waals surface area (Å²) in [5, 5.41) is 10.7. The fourth-order valence-corrected chi connectivity index (χ4v) is 3.48. The van der Waals surface area contributed by atoms with Crippen molar-refractivity contribution in [3.63, 3.8) is 0 Å². The van der Waals surface area contributed by atoms with E-state index < -0.39 is 0 Å². The predicted octanol–water partition coefficient (Wildman–Crippen LogP) is 3.70. The third-order valence-corrected chi connectivity index (χ3v) is 4.73. The SMILES string of the molecule is CN=c1scc(-c2ccccc2OC)n1N=Cc1ccsc1. The Kier molecular flexibility index (Phi) is 4.50. The second-order valence-electron chi connectivity index (χ2n) is 4.44. The van der Waals surface area contributed by atoms with E-state index in [1.165, 1.54) is 0 Å². The fourth-order valence-electron chi connectivity index (χ4n) is 2.08. The van der Waals surface area contributed by atoms with Gasteiger partial charge >= 0.3 is 0 Å². The van der Waals surface area contributed by atoms with E-state index in [9.17, 15) is 0 Å². The molecule has 0 aliphatic heterocycles. The molecule has 0 saturated carbocycles. The van der Waals surface area contributed by atoms with Crippen LogP contribution in [0.15, 0.2) is 56.6 Å². The molecule has 0 unspecified atom stereocenters. The van der Waals surface area contributed by atoms with Crippen LogP contribution in [0.2, 0.25) is 0 Å². The first-order valence-corrected chi connectivity index (χ1v) is 8.49. The zero-order valence-corrected chi connectivity index (χ0v) is 13.9. The van der Waals surface area contributed by atoms with E-state index in [0.29, 0.717) is 0 Å². The first-order chi connectivity index (χ1) is 10.8. The molecule has 0 amide bonds. The van der Waals surface area contributed by atoms with Crippen molar-refractivity contribution in [3.8, 4) is 17.0 Å². The maximum atomic E-state index is 5.46. The van der Waals surface area contributed by atoms with Gasteiger partial charge in [-0.05, 0) is 29.0 Å². The molecule has 0 bridgehead atoms. The van der Waals surface area contributed by atoms with Crippen LogP contribution in [0, 0.1) is 0 Å². The van der Waals surface area contributed by atoms with Crippen molar-refractivity contribution in [1.82, 2.24) is 4.68 Å². The Bertz CT molecular complexity index is 844. The lowest BCUT2D eigenvalue weighted by Gasteiger charge is -2.08. The Labute approximate surface area is 136 Å². The summed E-state index contributed by atoms with van der Waals surface area (Å²) in [7, 11) is 3.45. The molecule has 0 atom stereocenters. The standard InChI is InChI=1S/C16H15N3OS2/c1-17-16-19(18-9-12-7-8-21-10-12)14(11-22-16)13-5-3-4-6-15(13)20-2/h3-11H,1-2H3. The number of thiophene rings is 1. The minimum absolute atomic E-state index is 0.822. The lowest BCUT2D eigenvalue weighted by molar-refractivity contribution is 0.416. The summed E-state index contributed by atoms with van der Waals surface area (Å²) in [4.78, 5) is 5.14. The van der Waals surface area contributed by atoms with Crippen molar-refractivity contribution in [2.24, 2.45) is 10.1 Å². The maximum Gasteiger partial charge on any atom is 0.205 e. The lowest BCUT2D eigenvalue weighted by Crippen LogP contribution is -2.11. The van der Waals surface area contributed by atoms with Gasteiger partial charge in [-0.3, -0.25) is 4.99 Å². The number of nitrogens with zero attached hydrogens (tertiary/aromatic N) is 3. The van der Waals surface area contributed by atoms with Crippen molar-refractivity contribution in [2.45, 2.75) is 0 Å². The van der Waals surface area contributed by atoms with Crippen molar-refractivity contribution in [3.05, 3.63) is 56.8 Å². The summed E-state index contributed by atoms with van der Waals surface area (Å²) in [6, 6.07) is 9.95. The Morgan fingerprint density at radius 1 is 1.18 bits per heavy atom. The number of hydrogen-bond donors (Lipinski definition) is 0. The molecule has 1 aromatic carbocycles.